The lowest BCUT2D eigenvalue weighted by Gasteiger charge is -2.41. The first kappa shape index (κ1) is 21.7. The second-order valence-corrected chi connectivity index (χ2v) is 9.85. The van der Waals surface area contributed by atoms with E-state index in [-0.39, 0.29) is 0 Å². The summed E-state index contributed by atoms with van der Waals surface area (Å²) < 4.78 is 5.85. The van der Waals surface area contributed by atoms with E-state index in [0.717, 1.165) is 48.4 Å². The highest BCUT2D eigenvalue weighted by atomic mass is 16.5. The fraction of sp³-hybridized carbons (Fsp3) is 0.778. The van der Waals surface area contributed by atoms with E-state index in [9.17, 15) is 0 Å². The molecule has 1 aromatic rings. The Balaban J connectivity index is 1.46. The monoisotopic (exact) mass is 384 g/mol. The molecule has 2 fully saturated rings. The number of ether oxygens (including phenoxy) is 1. The van der Waals surface area contributed by atoms with Gasteiger partial charge in [0.05, 0.1) is 6.61 Å². The van der Waals surface area contributed by atoms with Gasteiger partial charge in [0.15, 0.2) is 0 Å². The molecule has 1 unspecified atom stereocenters. The molecule has 0 N–H and O–H groups in total. The molecule has 0 heterocycles. The van der Waals surface area contributed by atoms with Crippen molar-refractivity contribution in [3.05, 3.63) is 29.8 Å². The van der Waals surface area contributed by atoms with Crippen LogP contribution in [-0.4, -0.2) is 6.61 Å². The maximum Gasteiger partial charge on any atom is 0.119 e. The minimum Gasteiger partial charge on any atom is -0.494 e. The molecule has 28 heavy (non-hydrogen) atoms. The van der Waals surface area contributed by atoms with E-state index < -0.39 is 0 Å². The van der Waals surface area contributed by atoms with Crippen LogP contribution in [-0.2, 0) is 0 Å². The number of rotatable bonds is 9. The van der Waals surface area contributed by atoms with Gasteiger partial charge in [-0.05, 0) is 85.8 Å². The van der Waals surface area contributed by atoms with Crippen LogP contribution in [0.3, 0.4) is 0 Å². The smallest absolute Gasteiger partial charge is 0.119 e. The largest absolute Gasteiger partial charge is 0.494 e. The van der Waals surface area contributed by atoms with Gasteiger partial charge in [-0.25, -0.2) is 0 Å². The van der Waals surface area contributed by atoms with Crippen LogP contribution >= 0.6 is 0 Å². The Kier molecular flexibility index (Phi) is 8.74. The normalized spacial score (nSPS) is 30.9. The van der Waals surface area contributed by atoms with Crippen molar-refractivity contribution in [2.24, 2.45) is 23.7 Å². The second kappa shape index (κ2) is 11.3. The van der Waals surface area contributed by atoms with Crippen molar-refractivity contribution in [3.8, 4) is 5.75 Å². The molecular weight excluding hydrogens is 340 g/mol. The molecule has 0 bridgehead atoms. The standard InChI is InChI=1S/C27H44O/c1-4-6-8-22-9-11-23(12-10-22)25-15-18-27(21(3)20-25)24-13-16-26(17-14-24)28-19-7-5-2/h13-14,16-17,21-23,25,27H,4-12,15,18-20H2,1-3H3/t21-,22?,23?,25?,27-/m1/s1. The summed E-state index contributed by atoms with van der Waals surface area (Å²) in [6.07, 6.45) is 17.0. The van der Waals surface area contributed by atoms with Crippen molar-refractivity contribution >= 4 is 0 Å². The summed E-state index contributed by atoms with van der Waals surface area (Å²) in [4.78, 5) is 0. The van der Waals surface area contributed by atoms with E-state index in [1.807, 2.05) is 0 Å². The van der Waals surface area contributed by atoms with Gasteiger partial charge in [0.25, 0.3) is 0 Å². The lowest BCUT2D eigenvalue weighted by molar-refractivity contribution is 0.130. The summed E-state index contributed by atoms with van der Waals surface area (Å²) in [6.45, 7) is 7.90. The zero-order chi connectivity index (χ0) is 19.8. The average molecular weight is 385 g/mol. The third-order valence-electron chi connectivity index (χ3n) is 7.81. The molecule has 1 aromatic carbocycles. The molecule has 158 valence electrons. The Morgan fingerprint density at radius 1 is 0.821 bits per heavy atom. The maximum absolute atomic E-state index is 5.85. The van der Waals surface area contributed by atoms with Crippen LogP contribution in [0.15, 0.2) is 24.3 Å². The summed E-state index contributed by atoms with van der Waals surface area (Å²) in [5.74, 6) is 5.68. The average Bonchev–Trinajstić information content (AvgIpc) is 2.73. The van der Waals surface area contributed by atoms with Crippen LogP contribution in [0.25, 0.3) is 0 Å². The summed E-state index contributed by atoms with van der Waals surface area (Å²) in [5.41, 5.74) is 1.54. The van der Waals surface area contributed by atoms with Gasteiger partial charge >= 0.3 is 0 Å². The first-order valence-electron chi connectivity index (χ1n) is 12.4. The lowest BCUT2D eigenvalue weighted by Crippen LogP contribution is -2.29. The Morgan fingerprint density at radius 2 is 1.50 bits per heavy atom. The first-order chi connectivity index (χ1) is 13.7. The highest BCUT2D eigenvalue weighted by Gasteiger charge is 2.34. The third kappa shape index (κ3) is 6.01. The summed E-state index contributed by atoms with van der Waals surface area (Å²) >= 11 is 0. The Labute approximate surface area is 174 Å². The van der Waals surface area contributed by atoms with Crippen molar-refractivity contribution in [2.45, 2.75) is 104 Å². The molecule has 3 rings (SSSR count). The number of benzene rings is 1. The van der Waals surface area contributed by atoms with Crippen molar-refractivity contribution in [3.63, 3.8) is 0 Å². The molecule has 0 spiro atoms. The van der Waals surface area contributed by atoms with Crippen LogP contribution in [0.5, 0.6) is 5.75 Å². The molecule has 1 nitrogen and oxygen atoms in total. The van der Waals surface area contributed by atoms with Gasteiger partial charge < -0.3 is 4.74 Å². The van der Waals surface area contributed by atoms with Crippen LogP contribution in [0.1, 0.15) is 109 Å². The summed E-state index contributed by atoms with van der Waals surface area (Å²) in [5, 5.41) is 0. The van der Waals surface area contributed by atoms with E-state index in [4.69, 9.17) is 4.74 Å². The highest BCUT2D eigenvalue weighted by Crippen LogP contribution is 2.47. The molecule has 2 saturated carbocycles. The molecule has 0 saturated heterocycles. The van der Waals surface area contributed by atoms with E-state index >= 15 is 0 Å². The van der Waals surface area contributed by atoms with Crippen LogP contribution in [0.4, 0.5) is 0 Å². The number of hydrogen-bond acceptors (Lipinski definition) is 1. The van der Waals surface area contributed by atoms with Gasteiger partial charge in [-0.3, -0.25) is 0 Å². The topological polar surface area (TPSA) is 9.23 Å². The van der Waals surface area contributed by atoms with Crippen LogP contribution in [0, 0.1) is 23.7 Å². The van der Waals surface area contributed by atoms with Crippen molar-refractivity contribution < 1.29 is 4.74 Å². The molecular formula is C27H44O. The SMILES string of the molecule is CCCCOc1ccc([C@@H]2CCC(C3CCC(CCCC)CC3)C[C@H]2C)cc1. The summed E-state index contributed by atoms with van der Waals surface area (Å²) in [6, 6.07) is 9.06. The molecule has 1 heteroatoms. The van der Waals surface area contributed by atoms with Crippen molar-refractivity contribution in [1.82, 2.24) is 0 Å². The van der Waals surface area contributed by atoms with E-state index in [2.05, 4.69) is 45.0 Å². The Morgan fingerprint density at radius 3 is 2.14 bits per heavy atom. The Hall–Kier alpha value is -0.980. The van der Waals surface area contributed by atoms with Gasteiger partial charge in [-0.1, -0.05) is 71.4 Å². The molecule has 0 radical (unpaired) electrons. The van der Waals surface area contributed by atoms with E-state index in [1.165, 1.54) is 76.2 Å². The van der Waals surface area contributed by atoms with Gasteiger partial charge in [0, 0.05) is 0 Å². The van der Waals surface area contributed by atoms with Crippen LogP contribution < -0.4 is 4.74 Å². The molecule has 2 aliphatic carbocycles. The molecule has 0 aromatic heterocycles. The number of unbranched alkanes of at least 4 members (excludes halogenated alkanes) is 2. The fourth-order valence-electron chi connectivity index (χ4n) is 5.95. The maximum atomic E-state index is 5.85. The highest BCUT2D eigenvalue weighted by molar-refractivity contribution is 5.30. The minimum atomic E-state index is 0.752. The van der Waals surface area contributed by atoms with E-state index in [1.54, 1.807) is 0 Å². The second-order valence-electron chi connectivity index (χ2n) is 9.85. The Bertz CT molecular complexity index is 540. The zero-order valence-electron chi connectivity index (χ0n) is 18.8. The van der Waals surface area contributed by atoms with Gasteiger partial charge in [-0.15, -0.1) is 0 Å². The quantitative estimate of drug-likeness (QED) is 0.388. The molecule has 0 amide bonds. The minimum absolute atomic E-state index is 0.752. The fourth-order valence-corrected chi connectivity index (χ4v) is 5.95. The van der Waals surface area contributed by atoms with Gasteiger partial charge in [0.1, 0.15) is 5.75 Å². The zero-order valence-corrected chi connectivity index (χ0v) is 18.8. The lowest BCUT2D eigenvalue weighted by atomic mass is 9.65. The third-order valence-corrected chi connectivity index (χ3v) is 7.81. The predicted molar refractivity (Wildman–Crippen MR) is 121 cm³/mol. The predicted octanol–water partition coefficient (Wildman–Crippen LogP) is 8.38. The van der Waals surface area contributed by atoms with Crippen molar-refractivity contribution in [1.29, 1.82) is 0 Å². The van der Waals surface area contributed by atoms with Crippen LogP contribution in [0.2, 0.25) is 0 Å². The molecule has 0 aliphatic heterocycles. The first-order valence-corrected chi connectivity index (χ1v) is 12.4. The summed E-state index contributed by atoms with van der Waals surface area (Å²) in [7, 11) is 0. The van der Waals surface area contributed by atoms with Gasteiger partial charge in [0.2, 0.25) is 0 Å². The van der Waals surface area contributed by atoms with Gasteiger partial charge in [-0.2, -0.15) is 0 Å². The van der Waals surface area contributed by atoms with Crippen molar-refractivity contribution in [2.75, 3.05) is 6.61 Å². The van der Waals surface area contributed by atoms with E-state index in [0.29, 0.717) is 0 Å². The molecule has 2 aliphatic rings. The molecule has 3 atom stereocenters. The number of hydrogen-bond donors (Lipinski definition) is 0.